The van der Waals surface area contributed by atoms with E-state index >= 15 is 0 Å². The quantitative estimate of drug-likeness (QED) is 0.576. The lowest BCUT2D eigenvalue weighted by Crippen LogP contribution is -2.34. The van der Waals surface area contributed by atoms with Gasteiger partial charge in [0.25, 0.3) is 0 Å². The minimum atomic E-state index is -1.30. The highest BCUT2D eigenvalue weighted by atomic mass is 28.4. The maximum atomic E-state index is 6.12. The minimum absolute atomic E-state index is 0.525. The molecule has 0 rings (SSSR count). The van der Waals surface area contributed by atoms with Crippen molar-refractivity contribution in [3.8, 4) is 0 Å². The fourth-order valence-corrected chi connectivity index (χ4v) is 2.56. The van der Waals surface area contributed by atoms with Crippen LogP contribution in [0.5, 0.6) is 0 Å². The maximum Gasteiger partial charge on any atom is 0.186 e. The zero-order valence-corrected chi connectivity index (χ0v) is 10.3. The van der Waals surface area contributed by atoms with Crippen LogP contribution in [-0.4, -0.2) is 14.4 Å². The number of rotatable bonds is 6. The molecule has 1 unspecified atom stereocenters. The molecule has 2 heteroatoms. The van der Waals surface area contributed by atoms with Gasteiger partial charge in [-0.05, 0) is 32.0 Å². The third-order valence-corrected chi connectivity index (χ3v) is 5.08. The standard InChI is InChI=1S/C10H24OSi/c1-6-9-10(7-2)11-12(4,5)8-3/h10H,6-9H2,1-5H3. The molecule has 74 valence electrons. The van der Waals surface area contributed by atoms with Crippen molar-refractivity contribution in [2.24, 2.45) is 0 Å². The molecule has 0 spiro atoms. The molecule has 0 aromatic rings. The van der Waals surface area contributed by atoms with E-state index in [0.717, 1.165) is 0 Å². The van der Waals surface area contributed by atoms with E-state index in [1.54, 1.807) is 0 Å². The summed E-state index contributed by atoms with van der Waals surface area (Å²) in [5.74, 6) is 0. The molecule has 0 N–H and O–H groups in total. The summed E-state index contributed by atoms with van der Waals surface area (Å²) in [5.41, 5.74) is 0. The van der Waals surface area contributed by atoms with E-state index in [9.17, 15) is 0 Å². The molecule has 0 radical (unpaired) electrons. The first kappa shape index (κ1) is 12.2. The molecule has 1 nitrogen and oxygen atoms in total. The Bertz CT molecular complexity index is 112. The van der Waals surface area contributed by atoms with E-state index in [-0.39, 0.29) is 0 Å². The average Bonchev–Trinajstić information content (AvgIpc) is 2.03. The van der Waals surface area contributed by atoms with Gasteiger partial charge in [0.15, 0.2) is 8.32 Å². The average molecular weight is 188 g/mol. The molecular formula is C10H24OSi. The molecule has 0 aromatic heterocycles. The van der Waals surface area contributed by atoms with Crippen molar-refractivity contribution >= 4 is 8.32 Å². The topological polar surface area (TPSA) is 9.23 Å². The second-order valence-corrected chi connectivity index (χ2v) is 8.51. The normalized spacial score (nSPS) is 14.8. The maximum absolute atomic E-state index is 6.12. The molecule has 0 saturated heterocycles. The van der Waals surface area contributed by atoms with Crippen LogP contribution in [0.2, 0.25) is 19.1 Å². The van der Waals surface area contributed by atoms with Crippen LogP contribution in [0.25, 0.3) is 0 Å². The van der Waals surface area contributed by atoms with E-state index in [1.807, 2.05) is 0 Å². The molecule has 0 aromatic carbocycles. The predicted octanol–water partition coefficient (Wildman–Crippen LogP) is 3.81. The van der Waals surface area contributed by atoms with E-state index in [2.05, 4.69) is 33.9 Å². The molecule has 0 fully saturated rings. The first-order chi connectivity index (χ1) is 5.55. The van der Waals surface area contributed by atoms with Crippen LogP contribution >= 0.6 is 0 Å². The molecule has 0 aliphatic carbocycles. The summed E-state index contributed by atoms with van der Waals surface area (Å²) in [5, 5.41) is 0. The Kier molecular flexibility index (Phi) is 5.84. The van der Waals surface area contributed by atoms with Crippen molar-refractivity contribution < 1.29 is 4.43 Å². The summed E-state index contributed by atoms with van der Waals surface area (Å²) in [6, 6.07) is 1.23. The lowest BCUT2D eigenvalue weighted by molar-refractivity contribution is 0.176. The summed E-state index contributed by atoms with van der Waals surface area (Å²) in [6.45, 7) is 11.3. The monoisotopic (exact) mass is 188 g/mol. The smallest absolute Gasteiger partial charge is 0.186 e. The summed E-state index contributed by atoms with van der Waals surface area (Å²) in [7, 11) is -1.30. The number of hydrogen-bond acceptors (Lipinski definition) is 1. The van der Waals surface area contributed by atoms with Gasteiger partial charge in [-0.2, -0.15) is 0 Å². The Labute approximate surface area is 78.6 Å². The van der Waals surface area contributed by atoms with E-state index in [0.29, 0.717) is 6.10 Å². The van der Waals surface area contributed by atoms with Gasteiger partial charge in [-0.25, -0.2) is 0 Å². The lowest BCUT2D eigenvalue weighted by atomic mass is 10.2. The van der Waals surface area contributed by atoms with Crippen LogP contribution in [0.1, 0.15) is 40.0 Å². The van der Waals surface area contributed by atoms with Gasteiger partial charge in [0.05, 0.1) is 0 Å². The van der Waals surface area contributed by atoms with Crippen LogP contribution in [0.4, 0.5) is 0 Å². The summed E-state index contributed by atoms with van der Waals surface area (Å²) < 4.78 is 6.12. The number of hydrogen-bond donors (Lipinski definition) is 0. The van der Waals surface area contributed by atoms with Crippen molar-refractivity contribution in [3.05, 3.63) is 0 Å². The molecular weight excluding hydrogens is 164 g/mol. The molecule has 0 heterocycles. The highest BCUT2D eigenvalue weighted by Gasteiger charge is 2.22. The minimum Gasteiger partial charge on any atom is -0.414 e. The SMILES string of the molecule is CCCC(CC)O[Si](C)(C)CC. The van der Waals surface area contributed by atoms with Gasteiger partial charge in [0.1, 0.15) is 0 Å². The van der Waals surface area contributed by atoms with E-state index in [4.69, 9.17) is 4.43 Å². The molecule has 0 amide bonds. The molecule has 0 aliphatic rings. The highest BCUT2D eigenvalue weighted by Crippen LogP contribution is 2.17. The van der Waals surface area contributed by atoms with E-state index < -0.39 is 8.32 Å². The summed E-state index contributed by atoms with van der Waals surface area (Å²) >= 11 is 0. The van der Waals surface area contributed by atoms with Crippen molar-refractivity contribution in [1.29, 1.82) is 0 Å². The second kappa shape index (κ2) is 5.76. The zero-order valence-electron chi connectivity index (χ0n) is 9.31. The van der Waals surface area contributed by atoms with Gasteiger partial charge in [-0.15, -0.1) is 0 Å². The highest BCUT2D eigenvalue weighted by molar-refractivity contribution is 6.71. The van der Waals surface area contributed by atoms with Crippen molar-refractivity contribution in [1.82, 2.24) is 0 Å². The van der Waals surface area contributed by atoms with Gasteiger partial charge < -0.3 is 4.43 Å². The Hall–Kier alpha value is 0.177. The van der Waals surface area contributed by atoms with Gasteiger partial charge >= 0.3 is 0 Å². The van der Waals surface area contributed by atoms with Crippen molar-refractivity contribution in [2.45, 2.75) is 65.3 Å². The molecule has 12 heavy (non-hydrogen) atoms. The first-order valence-electron chi connectivity index (χ1n) is 5.23. The van der Waals surface area contributed by atoms with Gasteiger partial charge in [0, 0.05) is 6.10 Å². The predicted molar refractivity (Wildman–Crippen MR) is 58.0 cm³/mol. The summed E-state index contributed by atoms with van der Waals surface area (Å²) in [6.07, 6.45) is 4.17. The molecule has 0 bridgehead atoms. The second-order valence-electron chi connectivity index (χ2n) is 4.05. The Morgan fingerprint density at radius 3 is 2.08 bits per heavy atom. The van der Waals surface area contributed by atoms with Crippen LogP contribution < -0.4 is 0 Å². The Morgan fingerprint density at radius 1 is 1.17 bits per heavy atom. The first-order valence-corrected chi connectivity index (χ1v) is 8.35. The van der Waals surface area contributed by atoms with Gasteiger partial charge in [0.2, 0.25) is 0 Å². The molecule has 1 atom stereocenters. The van der Waals surface area contributed by atoms with Crippen LogP contribution in [-0.2, 0) is 4.43 Å². The van der Waals surface area contributed by atoms with Crippen LogP contribution in [0.3, 0.4) is 0 Å². The van der Waals surface area contributed by atoms with Gasteiger partial charge in [-0.1, -0.05) is 27.2 Å². The van der Waals surface area contributed by atoms with Crippen molar-refractivity contribution in [2.75, 3.05) is 0 Å². The lowest BCUT2D eigenvalue weighted by Gasteiger charge is -2.27. The molecule has 0 saturated carbocycles. The summed E-state index contributed by atoms with van der Waals surface area (Å²) in [4.78, 5) is 0. The molecule has 0 aliphatic heterocycles. The van der Waals surface area contributed by atoms with Crippen LogP contribution in [0, 0.1) is 0 Å². The largest absolute Gasteiger partial charge is 0.414 e. The third-order valence-electron chi connectivity index (χ3n) is 2.40. The Morgan fingerprint density at radius 2 is 1.75 bits per heavy atom. The fourth-order valence-electron chi connectivity index (χ4n) is 1.20. The Balaban J connectivity index is 3.83. The zero-order chi connectivity index (χ0) is 9.61. The van der Waals surface area contributed by atoms with E-state index in [1.165, 1.54) is 25.3 Å². The van der Waals surface area contributed by atoms with Crippen molar-refractivity contribution in [3.63, 3.8) is 0 Å². The van der Waals surface area contributed by atoms with Crippen LogP contribution in [0.15, 0.2) is 0 Å². The third kappa shape index (κ3) is 4.94. The fraction of sp³-hybridized carbons (Fsp3) is 1.00. The van der Waals surface area contributed by atoms with Gasteiger partial charge in [-0.3, -0.25) is 0 Å².